The van der Waals surface area contributed by atoms with E-state index < -0.39 is 11.6 Å². The van der Waals surface area contributed by atoms with Gasteiger partial charge >= 0.3 is 0 Å². The fourth-order valence-corrected chi connectivity index (χ4v) is 1.92. The van der Waals surface area contributed by atoms with E-state index in [1.165, 1.54) is 0 Å². The molecule has 0 aliphatic rings. The van der Waals surface area contributed by atoms with Gasteiger partial charge in [-0.05, 0) is 37.5 Å². The zero-order valence-corrected chi connectivity index (χ0v) is 11.7. The molecule has 0 bridgehead atoms. The van der Waals surface area contributed by atoms with Crippen LogP contribution in [0, 0.1) is 41.7 Å². The predicted molar refractivity (Wildman–Crippen MR) is 75.4 cm³/mol. The second-order valence-electron chi connectivity index (χ2n) is 4.46. The van der Waals surface area contributed by atoms with Crippen LogP contribution in [0.5, 0.6) is 0 Å². The van der Waals surface area contributed by atoms with E-state index >= 15 is 0 Å². The van der Waals surface area contributed by atoms with Crippen molar-refractivity contribution in [3.05, 3.63) is 64.0 Å². The number of rotatable bonds is 1. The monoisotopic (exact) mass is 282 g/mol. The molecule has 0 amide bonds. The van der Waals surface area contributed by atoms with Crippen molar-refractivity contribution in [2.24, 2.45) is 0 Å². The van der Waals surface area contributed by atoms with E-state index in [-0.39, 0.29) is 23.1 Å². The van der Waals surface area contributed by atoms with Crippen LogP contribution in [0.25, 0.3) is 0 Å². The van der Waals surface area contributed by atoms with Gasteiger partial charge in [-0.2, -0.15) is 5.26 Å². The molecule has 0 aliphatic carbocycles. The van der Waals surface area contributed by atoms with Gasteiger partial charge in [0.2, 0.25) is 0 Å². The fourth-order valence-electron chi connectivity index (χ4n) is 1.92. The Morgan fingerprint density at radius 2 is 1.86 bits per heavy atom. The molecule has 2 aromatic rings. The van der Waals surface area contributed by atoms with Gasteiger partial charge in [-0.15, -0.1) is 0 Å². The molecule has 0 spiro atoms. The highest BCUT2D eigenvalue weighted by atomic mass is 19.1. The number of halogens is 2. The second kappa shape index (κ2) is 6.15. The summed E-state index contributed by atoms with van der Waals surface area (Å²) in [4.78, 5) is 4.19. The molecule has 2 rings (SSSR count). The van der Waals surface area contributed by atoms with Gasteiger partial charge in [0.05, 0.1) is 11.1 Å². The van der Waals surface area contributed by atoms with Crippen LogP contribution in [-0.2, 0) is 6.42 Å². The third-order valence-electron chi connectivity index (χ3n) is 2.98. The number of hydrogen-bond acceptors (Lipinski definition) is 2. The molecule has 2 nitrogen and oxygen atoms in total. The molecular weight excluding hydrogens is 270 g/mol. The standard InChI is InChI=1S/C17H12F2N2/c1-3-15-16(18)12(9-13(10-20)17(15)19)7-8-14-6-4-5-11(2)21-14/h4-6,9H,3H2,1-2H3. The summed E-state index contributed by atoms with van der Waals surface area (Å²) >= 11 is 0. The van der Waals surface area contributed by atoms with Crippen LogP contribution in [-0.4, -0.2) is 4.98 Å². The Kier molecular flexibility index (Phi) is 4.30. The average molecular weight is 282 g/mol. The van der Waals surface area contributed by atoms with Crippen LogP contribution in [0.15, 0.2) is 24.3 Å². The van der Waals surface area contributed by atoms with Crippen molar-refractivity contribution in [1.29, 1.82) is 5.26 Å². The quantitative estimate of drug-likeness (QED) is 0.751. The first-order chi connectivity index (χ1) is 10.1. The molecule has 0 unspecified atom stereocenters. The van der Waals surface area contributed by atoms with E-state index in [1.54, 1.807) is 25.1 Å². The van der Waals surface area contributed by atoms with Gasteiger partial charge in [0.15, 0.2) is 0 Å². The predicted octanol–water partition coefficient (Wildman–Crippen LogP) is 3.50. The maximum absolute atomic E-state index is 14.2. The lowest BCUT2D eigenvalue weighted by atomic mass is 10.0. The maximum atomic E-state index is 14.2. The van der Waals surface area contributed by atoms with Crippen molar-refractivity contribution in [3.8, 4) is 17.9 Å². The lowest BCUT2D eigenvalue weighted by Gasteiger charge is -2.05. The summed E-state index contributed by atoms with van der Waals surface area (Å²) < 4.78 is 28.0. The molecule has 4 heteroatoms. The van der Waals surface area contributed by atoms with Gasteiger partial charge in [0, 0.05) is 11.3 Å². The van der Waals surface area contributed by atoms with E-state index in [1.807, 2.05) is 13.0 Å². The molecule has 0 aliphatic heterocycles. The van der Waals surface area contributed by atoms with E-state index in [9.17, 15) is 8.78 Å². The van der Waals surface area contributed by atoms with Crippen molar-refractivity contribution in [2.75, 3.05) is 0 Å². The van der Waals surface area contributed by atoms with Crippen LogP contribution >= 0.6 is 0 Å². The summed E-state index contributed by atoms with van der Waals surface area (Å²) in [6.45, 7) is 3.45. The smallest absolute Gasteiger partial charge is 0.147 e. The lowest BCUT2D eigenvalue weighted by Crippen LogP contribution is -2.01. The molecule has 0 atom stereocenters. The fraction of sp³-hybridized carbons (Fsp3) is 0.176. The molecular formula is C17H12F2N2. The zero-order chi connectivity index (χ0) is 15.4. The number of aryl methyl sites for hydroxylation is 1. The van der Waals surface area contributed by atoms with Crippen molar-refractivity contribution >= 4 is 0 Å². The van der Waals surface area contributed by atoms with Crippen molar-refractivity contribution in [3.63, 3.8) is 0 Å². The third kappa shape index (κ3) is 3.07. The number of nitrogens with zero attached hydrogens (tertiary/aromatic N) is 2. The third-order valence-corrected chi connectivity index (χ3v) is 2.98. The van der Waals surface area contributed by atoms with Gasteiger partial charge in [-0.25, -0.2) is 13.8 Å². The highest BCUT2D eigenvalue weighted by molar-refractivity contribution is 5.49. The first-order valence-corrected chi connectivity index (χ1v) is 6.43. The molecule has 104 valence electrons. The van der Waals surface area contributed by atoms with Crippen LogP contribution in [0.2, 0.25) is 0 Å². The largest absolute Gasteiger partial charge is 0.245 e. The SMILES string of the molecule is CCc1c(F)c(C#N)cc(C#Cc2cccc(C)n2)c1F. The molecule has 1 aromatic heterocycles. The van der Waals surface area contributed by atoms with Crippen molar-refractivity contribution in [2.45, 2.75) is 20.3 Å². The summed E-state index contributed by atoms with van der Waals surface area (Å²) in [5.74, 6) is 3.84. The Hall–Kier alpha value is -2.72. The average Bonchev–Trinajstić information content (AvgIpc) is 2.47. The normalized spacial score (nSPS) is 9.67. The van der Waals surface area contributed by atoms with E-state index in [4.69, 9.17) is 5.26 Å². The number of pyridine rings is 1. The Morgan fingerprint density at radius 1 is 1.14 bits per heavy atom. The van der Waals surface area contributed by atoms with Crippen LogP contribution < -0.4 is 0 Å². The summed E-state index contributed by atoms with van der Waals surface area (Å²) in [7, 11) is 0. The molecule has 0 saturated carbocycles. The summed E-state index contributed by atoms with van der Waals surface area (Å²) in [6.07, 6.45) is 0.157. The van der Waals surface area contributed by atoms with Gasteiger partial charge in [0.1, 0.15) is 23.4 Å². The molecule has 0 N–H and O–H groups in total. The minimum atomic E-state index is -0.809. The van der Waals surface area contributed by atoms with E-state index in [0.29, 0.717) is 5.69 Å². The van der Waals surface area contributed by atoms with E-state index in [0.717, 1.165) is 11.8 Å². The topological polar surface area (TPSA) is 36.7 Å². The Labute approximate surface area is 122 Å². The van der Waals surface area contributed by atoms with Gasteiger partial charge in [-0.3, -0.25) is 0 Å². The highest BCUT2D eigenvalue weighted by Gasteiger charge is 2.16. The molecule has 0 radical (unpaired) electrons. The van der Waals surface area contributed by atoms with Gasteiger partial charge < -0.3 is 0 Å². The van der Waals surface area contributed by atoms with Crippen molar-refractivity contribution < 1.29 is 8.78 Å². The second-order valence-corrected chi connectivity index (χ2v) is 4.46. The van der Waals surface area contributed by atoms with Gasteiger partial charge in [0.25, 0.3) is 0 Å². The van der Waals surface area contributed by atoms with Gasteiger partial charge in [-0.1, -0.05) is 18.9 Å². The summed E-state index contributed by atoms with van der Waals surface area (Å²) in [5.41, 5.74) is 0.988. The molecule has 0 saturated heterocycles. The molecule has 21 heavy (non-hydrogen) atoms. The number of nitriles is 1. The highest BCUT2D eigenvalue weighted by Crippen LogP contribution is 2.20. The first-order valence-electron chi connectivity index (χ1n) is 6.43. The minimum absolute atomic E-state index is 0.00751. The van der Waals surface area contributed by atoms with Crippen LogP contribution in [0.4, 0.5) is 8.78 Å². The van der Waals surface area contributed by atoms with Crippen LogP contribution in [0.1, 0.15) is 35.0 Å². The lowest BCUT2D eigenvalue weighted by molar-refractivity contribution is 0.554. The molecule has 1 aromatic carbocycles. The zero-order valence-electron chi connectivity index (χ0n) is 11.7. The Balaban J connectivity index is 2.54. The summed E-state index contributed by atoms with van der Waals surface area (Å²) in [6, 6.07) is 8.18. The minimum Gasteiger partial charge on any atom is -0.245 e. The molecule has 1 heterocycles. The number of benzene rings is 1. The Bertz CT molecular complexity index is 793. The van der Waals surface area contributed by atoms with Crippen LogP contribution in [0.3, 0.4) is 0 Å². The number of aromatic nitrogens is 1. The van der Waals surface area contributed by atoms with Crippen molar-refractivity contribution in [1.82, 2.24) is 4.98 Å². The maximum Gasteiger partial charge on any atom is 0.147 e. The Morgan fingerprint density at radius 3 is 2.48 bits per heavy atom. The van der Waals surface area contributed by atoms with E-state index in [2.05, 4.69) is 16.8 Å². The summed E-state index contributed by atoms with van der Waals surface area (Å²) in [5, 5.41) is 8.90. The first kappa shape index (κ1) is 14.7. The molecule has 0 fully saturated rings. The number of hydrogen-bond donors (Lipinski definition) is 0.